The van der Waals surface area contributed by atoms with Gasteiger partial charge in [-0.2, -0.15) is 0 Å². The number of hydrogen-bond donors (Lipinski definition) is 2. The summed E-state index contributed by atoms with van der Waals surface area (Å²) in [6.45, 7) is 10.2. The Morgan fingerprint density at radius 3 is 2.44 bits per heavy atom. The first-order chi connectivity index (χ1) is 25.4. The number of nitrogens with one attached hydrogen (secondary N) is 2. The Kier molecular flexibility index (Phi) is 9.57. The van der Waals surface area contributed by atoms with Gasteiger partial charge in [0.1, 0.15) is 5.65 Å². The fourth-order valence-electron chi connectivity index (χ4n) is 7.85. The van der Waals surface area contributed by atoms with E-state index in [2.05, 4.69) is 67.2 Å². The van der Waals surface area contributed by atoms with Crippen LogP contribution in [0.2, 0.25) is 5.02 Å². The van der Waals surface area contributed by atoms with Gasteiger partial charge in [0.25, 0.3) is 0 Å². The molecule has 0 bridgehead atoms. The summed E-state index contributed by atoms with van der Waals surface area (Å²) in [6.07, 6.45) is 5.97. The second-order valence-electron chi connectivity index (χ2n) is 13.9. The molecule has 5 heterocycles. The van der Waals surface area contributed by atoms with Crippen LogP contribution in [-0.4, -0.2) is 103 Å². The molecule has 52 heavy (non-hydrogen) atoms. The van der Waals surface area contributed by atoms with Gasteiger partial charge in [-0.15, -0.1) is 0 Å². The van der Waals surface area contributed by atoms with E-state index < -0.39 is 0 Å². The summed E-state index contributed by atoms with van der Waals surface area (Å²) in [5, 5.41) is 6.15. The molecule has 3 aliphatic heterocycles. The lowest BCUT2D eigenvalue weighted by molar-refractivity contribution is -0.121. The normalized spacial score (nSPS) is 17.8. The lowest BCUT2D eigenvalue weighted by Crippen LogP contribution is -2.51. The predicted octanol–water partition coefficient (Wildman–Crippen LogP) is 5.91. The number of aromatic amines is 1. The van der Waals surface area contributed by atoms with E-state index in [1.807, 2.05) is 47.6 Å². The van der Waals surface area contributed by atoms with Crippen molar-refractivity contribution in [1.29, 1.82) is 0 Å². The number of rotatable bonds is 9. The Morgan fingerprint density at radius 2 is 1.63 bits per heavy atom. The van der Waals surface area contributed by atoms with Gasteiger partial charge in [-0.25, -0.2) is 9.78 Å². The largest absolute Gasteiger partial charge is 0.369 e. The van der Waals surface area contributed by atoms with Crippen LogP contribution in [0.5, 0.6) is 0 Å². The van der Waals surface area contributed by atoms with Gasteiger partial charge in [0.2, 0.25) is 11.8 Å². The lowest BCUT2D eigenvalue weighted by Gasteiger charge is -2.37. The number of hydrogen-bond acceptors (Lipinski definition) is 7. The molecule has 5 aromatic rings. The average molecular weight is 719 g/mol. The Labute approximate surface area is 308 Å². The SMILES string of the molecule is CCc1c[nH]c2ncc(-c3cccc(N4CCN(CCCN5CCN(c6ccc7c(N8CCC(=O)NC8=O)cccc7c6)CC5)CC4=O)c3)c(Cl)c12. The molecule has 3 saturated heterocycles. The molecule has 268 valence electrons. The molecule has 4 amide bonds. The highest BCUT2D eigenvalue weighted by Gasteiger charge is 2.27. The van der Waals surface area contributed by atoms with Gasteiger partial charge >= 0.3 is 6.03 Å². The zero-order valence-corrected chi connectivity index (χ0v) is 30.2. The number of carbonyl (C=O) groups excluding carboxylic acids is 3. The lowest BCUT2D eigenvalue weighted by atomic mass is 10.0. The van der Waals surface area contributed by atoms with Gasteiger partial charge in [0, 0.05) is 92.3 Å². The molecule has 12 heteroatoms. The first-order valence-electron chi connectivity index (χ1n) is 18.3. The summed E-state index contributed by atoms with van der Waals surface area (Å²) in [4.78, 5) is 56.1. The van der Waals surface area contributed by atoms with E-state index in [1.54, 1.807) is 4.90 Å². The predicted molar refractivity (Wildman–Crippen MR) is 207 cm³/mol. The van der Waals surface area contributed by atoms with Gasteiger partial charge in [-0.05, 0) is 72.8 Å². The maximum Gasteiger partial charge on any atom is 0.328 e. The van der Waals surface area contributed by atoms with Crippen LogP contribution in [0.4, 0.5) is 21.9 Å². The summed E-state index contributed by atoms with van der Waals surface area (Å²) < 4.78 is 0. The van der Waals surface area contributed by atoms with E-state index in [9.17, 15) is 14.4 Å². The number of fused-ring (bicyclic) bond motifs is 2. The second-order valence-corrected chi connectivity index (χ2v) is 14.2. The summed E-state index contributed by atoms with van der Waals surface area (Å²) in [7, 11) is 0. The standard InChI is InChI=1S/C40H43ClN8O3/c1-2-27-24-42-39-37(27)38(41)33(25-43-39)29-6-3-8-31(23-29)48-21-18-46(26-36(48)51)14-5-13-45-16-19-47(20-17-45)30-10-11-32-28(22-30)7-4-9-34(32)49-15-12-35(50)44-40(49)52/h3-4,6-11,22-25H,2,5,12-21,26H2,1H3,(H,42,43)(H,44,50,52). The summed E-state index contributed by atoms with van der Waals surface area (Å²) >= 11 is 6.91. The highest BCUT2D eigenvalue weighted by atomic mass is 35.5. The van der Waals surface area contributed by atoms with Crippen LogP contribution in [-0.2, 0) is 16.0 Å². The van der Waals surface area contributed by atoms with Gasteiger partial charge in [-0.1, -0.05) is 48.9 Å². The van der Waals surface area contributed by atoms with Crippen LogP contribution < -0.4 is 20.0 Å². The molecular weight excluding hydrogens is 676 g/mol. The number of halogens is 1. The third kappa shape index (κ3) is 6.71. The Bertz CT molecular complexity index is 2160. The van der Waals surface area contributed by atoms with Crippen molar-refractivity contribution in [3.8, 4) is 11.1 Å². The number of aryl methyl sites for hydroxylation is 1. The maximum atomic E-state index is 13.4. The third-order valence-electron chi connectivity index (χ3n) is 10.7. The third-order valence-corrected chi connectivity index (χ3v) is 11.1. The minimum atomic E-state index is -0.365. The molecule has 2 N–H and O–H groups in total. The van der Waals surface area contributed by atoms with E-state index in [1.165, 1.54) is 5.69 Å². The quantitative estimate of drug-likeness (QED) is 0.195. The average Bonchev–Trinajstić information content (AvgIpc) is 3.59. The van der Waals surface area contributed by atoms with Crippen molar-refractivity contribution >= 4 is 68.3 Å². The maximum absolute atomic E-state index is 13.4. The first kappa shape index (κ1) is 34.1. The molecule has 0 saturated carbocycles. The first-order valence-corrected chi connectivity index (χ1v) is 18.6. The van der Waals surface area contributed by atoms with Crippen molar-refractivity contribution in [2.24, 2.45) is 0 Å². The molecule has 8 rings (SSSR count). The van der Waals surface area contributed by atoms with Gasteiger partial charge in [-0.3, -0.25) is 29.6 Å². The number of pyridine rings is 1. The van der Waals surface area contributed by atoms with Crippen molar-refractivity contribution < 1.29 is 14.4 Å². The minimum Gasteiger partial charge on any atom is -0.369 e. The highest BCUT2D eigenvalue weighted by Crippen LogP contribution is 2.37. The zero-order chi connectivity index (χ0) is 35.8. The number of carbonyl (C=O) groups is 3. The Morgan fingerprint density at radius 1 is 0.827 bits per heavy atom. The Hall–Kier alpha value is -4.97. The van der Waals surface area contributed by atoms with E-state index in [0.29, 0.717) is 31.1 Å². The molecule has 0 spiro atoms. The second kappa shape index (κ2) is 14.6. The molecule has 0 aliphatic carbocycles. The molecule has 0 atom stereocenters. The number of anilines is 3. The van der Waals surface area contributed by atoms with E-state index in [0.717, 1.165) is 109 Å². The van der Waals surface area contributed by atoms with Crippen LogP contribution >= 0.6 is 11.6 Å². The molecule has 2 aromatic heterocycles. The van der Waals surface area contributed by atoms with Crippen LogP contribution in [0.1, 0.15) is 25.3 Å². The molecule has 11 nitrogen and oxygen atoms in total. The number of amides is 4. The molecule has 0 unspecified atom stereocenters. The molecule has 3 aromatic carbocycles. The van der Waals surface area contributed by atoms with Crippen molar-refractivity contribution in [2.75, 3.05) is 80.1 Å². The number of H-pyrrole nitrogens is 1. The number of aromatic nitrogens is 2. The molecule has 3 fully saturated rings. The van der Waals surface area contributed by atoms with Crippen LogP contribution in [0.25, 0.3) is 32.9 Å². The highest BCUT2D eigenvalue weighted by molar-refractivity contribution is 6.38. The van der Waals surface area contributed by atoms with Gasteiger partial charge in [0.15, 0.2) is 0 Å². The minimum absolute atomic E-state index is 0.118. The number of benzene rings is 3. The number of nitrogens with zero attached hydrogens (tertiary/aromatic N) is 6. The van der Waals surface area contributed by atoms with E-state index in [-0.39, 0.29) is 17.8 Å². The number of urea groups is 1. The van der Waals surface area contributed by atoms with Gasteiger partial charge < -0.3 is 14.8 Å². The van der Waals surface area contributed by atoms with Crippen molar-refractivity contribution in [2.45, 2.75) is 26.2 Å². The smallest absolute Gasteiger partial charge is 0.328 e. The van der Waals surface area contributed by atoms with Crippen molar-refractivity contribution in [3.63, 3.8) is 0 Å². The number of piperazine rings is 2. The van der Waals surface area contributed by atoms with E-state index in [4.69, 9.17) is 11.6 Å². The van der Waals surface area contributed by atoms with E-state index >= 15 is 0 Å². The molecular formula is C40H43ClN8O3. The summed E-state index contributed by atoms with van der Waals surface area (Å²) in [6, 6.07) is 20.1. The summed E-state index contributed by atoms with van der Waals surface area (Å²) in [5.41, 5.74) is 6.65. The molecule has 3 aliphatic rings. The number of imide groups is 1. The van der Waals surface area contributed by atoms with Crippen LogP contribution in [0.15, 0.2) is 73.1 Å². The Balaban J connectivity index is 0.821. The fraction of sp³-hybridized carbons (Fsp3) is 0.350. The fourth-order valence-corrected chi connectivity index (χ4v) is 8.22. The van der Waals surface area contributed by atoms with Crippen LogP contribution in [0, 0.1) is 0 Å². The monoisotopic (exact) mass is 718 g/mol. The topological polar surface area (TPSA) is 108 Å². The van der Waals surface area contributed by atoms with Crippen LogP contribution in [0.3, 0.4) is 0 Å². The zero-order valence-electron chi connectivity index (χ0n) is 29.4. The molecule has 0 radical (unpaired) electrons. The summed E-state index contributed by atoms with van der Waals surface area (Å²) in [5.74, 6) is -0.112. The van der Waals surface area contributed by atoms with Gasteiger partial charge in [0.05, 0.1) is 17.3 Å². The van der Waals surface area contributed by atoms with Crippen molar-refractivity contribution in [1.82, 2.24) is 25.1 Å². The van der Waals surface area contributed by atoms with Crippen molar-refractivity contribution in [3.05, 3.63) is 83.6 Å².